The molecule has 8 heteroatoms. The van der Waals surface area contributed by atoms with Gasteiger partial charge in [0.25, 0.3) is 0 Å². The molecule has 0 atom stereocenters. The van der Waals surface area contributed by atoms with E-state index >= 15 is 0 Å². The molecule has 0 heterocycles. The van der Waals surface area contributed by atoms with E-state index in [2.05, 4.69) is 0 Å². The van der Waals surface area contributed by atoms with Crippen LogP contribution in [0.2, 0.25) is 0 Å². The van der Waals surface area contributed by atoms with Crippen molar-refractivity contribution < 1.29 is 41.8 Å². The number of hydrogen-bond acceptors (Lipinski definition) is 2. The molecule has 0 aliphatic carbocycles. The fraction of sp³-hybridized carbons (Fsp3) is 0. The molecule has 0 aliphatic heterocycles. The van der Waals surface area contributed by atoms with Gasteiger partial charge in [-0.3, -0.25) is 0 Å². The van der Waals surface area contributed by atoms with E-state index in [9.17, 15) is 0 Å². The minimum Gasteiger partial charge on any atom is -0.412 e. The van der Waals surface area contributed by atoms with Gasteiger partial charge in [0.15, 0.2) is 0 Å². The molecule has 56 valence electrons. The van der Waals surface area contributed by atoms with Crippen molar-refractivity contribution in [3.63, 3.8) is 0 Å². The van der Waals surface area contributed by atoms with Gasteiger partial charge in [0.1, 0.15) is 0 Å². The minimum atomic E-state index is -4.64. The molecule has 0 radical (unpaired) electrons. The summed E-state index contributed by atoms with van der Waals surface area (Å²) in [6, 6.07) is 0. The van der Waals surface area contributed by atoms with Gasteiger partial charge in [-0.2, -0.15) is 0 Å². The molecule has 0 fully saturated rings. The van der Waals surface area contributed by atoms with Gasteiger partial charge in [-0.15, -0.1) is 0 Å². The molecule has 0 aromatic rings. The van der Waals surface area contributed by atoms with Gasteiger partial charge in [-0.1, -0.05) is 0 Å². The number of phosphoric acid groups is 1. The Hall–Kier alpha value is 0.549. The van der Waals surface area contributed by atoms with Crippen LogP contribution in [0.4, 0.5) is 0 Å². The SMILES string of the molecule is N.O.O=P(O)(O)O.[Fe]. The first-order chi connectivity index (χ1) is 2.00. The smallest absolute Gasteiger partial charge is 0.412 e. The maximum absolute atomic E-state index is 8.88. The Kier molecular flexibility index (Phi) is 22.2. The van der Waals surface area contributed by atoms with Crippen molar-refractivity contribution in [2.45, 2.75) is 0 Å². The Morgan fingerprint density at radius 2 is 1.12 bits per heavy atom. The Bertz CT molecular complexity index is 58.6. The third-order valence-electron chi connectivity index (χ3n) is 0. The summed E-state index contributed by atoms with van der Waals surface area (Å²) in [5.74, 6) is 0. The second-order valence-electron chi connectivity index (χ2n) is 0.513. The van der Waals surface area contributed by atoms with Crippen LogP contribution in [0.3, 0.4) is 0 Å². The molecule has 0 aliphatic rings. The van der Waals surface area contributed by atoms with Crippen molar-refractivity contribution in [1.29, 1.82) is 0 Å². The van der Waals surface area contributed by atoms with Crippen molar-refractivity contribution in [2.75, 3.05) is 0 Å². The third kappa shape index (κ3) is 668. The number of rotatable bonds is 0. The van der Waals surface area contributed by atoms with Crippen LogP contribution in [-0.4, -0.2) is 20.2 Å². The van der Waals surface area contributed by atoms with Crippen molar-refractivity contribution in [3.8, 4) is 0 Å². The molecule has 0 aromatic carbocycles. The molecule has 8 N–H and O–H groups in total. The van der Waals surface area contributed by atoms with E-state index in [4.69, 9.17) is 19.2 Å². The molecule has 0 amide bonds. The Morgan fingerprint density at radius 3 is 1.12 bits per heavy atom. The van der Waals surface area contributed by atoms with Gasteiger partial charge >= 0.3 is 7.82 Å². The average molecular weight is 189 g/mol. The zero-order valence-electron chi connectivity index (χ0n) is 3.76. The van der Waals surface area contributed by atoms with E-state index in [1.807, 2.05) is 0 Å². The molecule has 0 bridgehead atoms. The topological polar surface area (TPSA) is 144 Å². The summed E-state index contributed by atoms with van der Waals surface area (Å²) in [5.41, 5.74) is 0. The second-order valence-corrected chi connectivity index (χ2v) is 1.54. The minimum absolute atomic E-state index is 0. The van der Waals surface area contributed by atoms with E-state index in [-0.39, 0.29) is 28.7 Å². The fourth-order valence-electron chi connectivity index (χ4n) is 0. The van der Waals surface area contributed by atoms with Crippen molar-refractivity contribution in [3.05, 3.63) is 0 Å². The van der Waals surface area contributed by atoms with Gasteiger partial charge in [-0.05, 0) is 0 Å². The maximum Gasteiger partial charge on any atom is 0.466 e. The van der Waals surface area contributed by atoms with Crippen LogP contribution in [-0.2, 0) is 21.6 Å². The number of hydrogen-bond donors (Lipinski definition) is 4. The van der Waals surface area contributed by atoms with Crippen LogP contribution < -0.4 is 6.15 Å². The summed E-state index contributed by atoms with van der Waals surface area (Å²) in [7, 11) is -4.64. The molecule has 0 unspecified atom stereocenters. The molecule has 6 nitrogen and oxygen atoms in total. The molecule has 8 heavy (non-hydrogen) atoms. The van der Waals surface area contributed by atoms with Crippen LogP contribution in [0.15, 0.2) is 0 Å². The van der Waals surface area contributed by atoms with Crippen molar-refractivity contribution in [2.24, 2.45) is 0 Å². The van der Waals surface area contributed by atoms with E-state index in [0.29, 0.717) is 0 Å². The zero-order chi connectivity index (χ0) is 4.50. The van der Waals surface area contributed by atoms with Crippen LogP contribution in [0.1, 0.15) is 0 Å². The Morgan fingerprint density at radius 1 is 1.12 bits per heavy atom. The Labute approximate surface area is 56.5 Å². The summed E-state index contributed by atoms with van der Waals surface area (Å²) in [5, 5.41) is 0. The summed E-state index contributed by atoms with van der Waals surface area (Å²) < 4.78 is 8.88. The molecular weight excluding hydrogens is 181 g/mol. The molecule has 0 aromatic heterocycles. The monoisotopic (exact) mass is 189 g/mol. The first-order valence-corrected chi connectivity index (χ1v) is 2.35. The van der Waals surface area contributed by atoms with Crippen molar-refractivity contribution in [1.82, 2.24) is 6.15 Å². The quantitative estimate of drug-likeness (QED) is 0.268. The third-order valence-corrected chi connectivity index (χ3v) is 0. The van der Waals surface area contributed by atoms with Gasteiger partial charge in [0.05, 0.1) is 0 Å². The van der Waals surface area contributed by atoms with Crippen LogP contribution in [0.5, 0.6) is 0 Å². The standard InChI is InChI=1S/Fe.H3N.H3O4P.H2O/c;;1-5(2,3)4;/h;1H3;(H3,1,2,3,4);1H2. The zero-order valence-corrected chi connectivity index (χ0v) is 5.76. The first-order valence-electron chi connectivity index (χ1n) is 0.783. The molecule has 0 spiro atoms. The summed E-state index contributed by atoms with van der Waals surface area (Å²) in [6.45, 7) is 0. The van der Waals surface area contributed by atoms with Crippen LogP contribution in [0.25, 0.3) is 0 Å². The molecule has 0 rings (SSSR count). The Balaban J connectivity index is -0.0000000267. The van der Waals surface area contributed by atoms with Gasteiger partial charge in [0.2, 0.25) is 0 Å². The molecular formula is H8FeNO5P. The first kappa shape index (κ1) is 23.5. The van der Waals surface area contributed by atoms with Crippen LogP contribution >= 0.6 is 7.82 Å². The predicted octanol–water partition coefficient (Wildman–Crippen LogP) is -1.59. The van der Waals surface area contributed by atoms with Gasteiger partial charge in [-0.25, -0.2) is 4.57 Å². The van der Waals surface area contributed by atoms with E-state index in [1.54, 1.807) is 0 Å². The van der Waals surface area contributed by atoms with Crippen LogP contribution in [0, 0.1) is 0 Å². The maximum atomic E-state index is 8.88. The summed E-state index contributed by atoms with van der Waals surface area (Å²) >= 11 is 0. The van der Waals surface area contributed by atoms with Crippen molar-refractivity contribution >= 4 is 7.82 Å². The van der Waals surface area contributed by atoms with Gasteiger partial charge in [0, 0.05) is 17.1 Å². The van der Waals surface area contributed by atoms with E-state index < -0.39 is 7.82 Å². The summed E-state index contributed by atoms with van der Waals surface area (Å²) in [6.07, 6.45) is 0. The predicted molar refractivity (Wildman–Crippen MR) is 22.9 cm³/mol. The second kappa shape index (κ2) is 7.55. The van der Waals surface area contributed by atoms with Gasteiger partial charge < -0.3 is 26.3 Å². The largest absolute Gasteiger partial charge is 0.466 e. The molecule has 0 saturated heterocycles. The average Bonchev–Trinajstić information content (AvgIpc) is 0.722. The fourth-order valence-corrected chi connectivity index (χ4v) is 0. The van der Waals surface area contributed by atoms with E-state index in [1.165, 1.54) is 0 Å². The summed E-state index contributed by atoms with van der Waals surface area (Å²) in [4.78, 5) is 21.6. The normalized spacial score (nSPS) is 7.38. The molecule has 0 saturated carbocycles. The van der Waals surface area contributed by atoms with E-state index in [0.717, 1.165) is 0 Å².